The predicted molar refractivity (Wildman–Crippen MR) is 83.7 cm³/mol. The van der Waals surface area contributed by atoms with Crippen LogP contribution in [0.25, 0.3) is 0 Å². The Morgan fingerprint density at radius 1 is 1.12 bits per heavy atom. The molecule has 3 unspecified atom stereocenters. The molecule has 4 bridgehead atoms. The summed E-state index contributed by atoms with van der Waals surface area (Å²) in [6.07, 6.45) is 9.40. The lowest BCUT2D eigenvalue weighted by Gasteiger charge is -2.52. The van der Waals surface area contributed by atoms with Crippen LogP contribution in [0, 0.1) is 23.7 Å². The molecule has 0 radical (unpaired) electrons. The number of rotatable bonds is 0. The van der Waals surface area contributed by atoms with Gasteiger partial charge in [-0.05, 0) is 31.1 Å². The number of ketones is 1. The van der Waals surface area contributed by atoms with Gasteiger partial charge in [0.15, 0.2) is 17.4 Å². The van der Waals surface area contributed by atoms with Crippen molar-refractivity contribution in [2.45, 2.75) is 56.1 Å². The van der Waals surface area contributed by atoms with Crippen LogP contribution in [0.1, 0.15) is 32.1 Å². The van der Waals surface area contributed by atoms with Crippen molar-refractivity contribution in [2.24, 2.45) is 23.7 Å². The van der Waals surface area contributed by atoms with Gasteiger partial charge in [0.2, 0.25) is 6.29 Å². The average molecular weight is 346 g/mol. The second-order valence-electron chi connectivity index (χ2n) is 8.27. The monoisotopic (exact) mass is 346 g/mol. The minimum Gasteiger partial charge on any atom is -0.466 e. The number of aliphatic hydroxyl groups is 1. The summed E-state index contributed by atoms with van der Waals surface area (Å²) in [5, 5.41) is 11.1. The molecule has 4 fully saturated rings. The fourth-order valence-electron chi connectivity index (χ4n) is 5.83. The van der Waals surface area contributed by atoms with E-state index >= 15 is 0 Å². The molecule has 3 aliphatic heterocycles. The van der Waals surface area contributed by atoms with Crippen molar-refractivity contribution in [2.75, 3.05) is 6.61 Å². The third-order valence-corrected chi connectivity index (χ3v) is 6.91. The van der Waals surface area contributed by atoms with E-state index in [2.05, 4.69) is 0 Å². The van der Waals surface area contributed by atoms with Gasteiger partial charge in [-0.2, -0.15) is 0 Å². The number of carbonyl (C=O) groups excluding carboxylic acids is 1. The Bertz CT molecular complexity index is 692. The van der Waals surface area contributed by atoms with Crippen LogP contribution < -0.4 is 0 Å². The molecule has 1 saturated carbocycles. The van der Waals surface area contributed by atoms with Crippen molar-refractivity contribution in [1.82, 2.24) is 0 Å². The highest BCUT2D eigenvalue weighted by atomic mass is 16.8. The highest BCUT2D eigenvalue weighted by molar-refractivity contribution is 5.94. The van der Waals surface area contributed by atoms with Crippen LogP contribution in [-0.2, 0) is 23.7 Å². The van der Waals surface area contributed by atoms with Crippen molar-refractivity contribution in [3.63, 3.8) is 0 Å². The van der Waals surface area contributed by atoms with Gasteiger partial charge in [-0.3, -0.25) is 4.79 Å². The predicted octanol–water partition coefficient (Wildman–Crippen LogP) is 1.64. The maximum Gasteiger partial charge on any atom is 0.229 e. The maximum atomic E-state index is 12.5. The Hall–Kier alpha value is -1.21. The van der Waals surface area contributed by atoms with Crippen LogP contribution in [0.5, 0.6) is 0 Å². The minimum atomic E-state index is -1.43. The molecule has 1 N–H and O–H groups in total. The number of carbonyl (C=O) groups is 1. The van der Waals surface area contributed by atoms with E-state index < -0.39 is 17.9 Å². The fourth-order valence-corrected chi connectivity index (χ4v) is 5.83. The summed E-state index contributed by atoms with van der Waals surface area (Å²) in [6.45, 7) is 0.328. The molecule has 6 nitrogen and oxygen atoms in total. The van der Waals surface area contributed by atoms with E-state index in [0.29, 0.717) is 6.61 Å². The largest absolute Gasteiger partial charge is 0.466 e. The van der Waals surface area contributed by atoms with Gasteiger partial charge >= 0.3 is 0 Å². The lowest BCUT2D eigenvalue weighted by atomic mass is 9.60. The summed E-state index contributed by atoms with van der Waals surface area (Å²) in [4.78, 5) is 12.5. The molecular weight excluding hydrogens is 324 g/mol. The van der Waals surface area contributed by atoms with Gasteiger partial charge in [-0.25, -0.2) is 0 Å². The summed E-state index contributed by atoms with van der Waals surface area (Å²) in [5.74, 6) is -2.02. The molecule has 3 heterocycles. The normalized spacial score (nSPS) is 51.7. The minimum absolute atomic E-state index is 0.0588. The second-order valence-corrected chi connectivity index (χ2v) is 8.27. The topological polar surface area (TPSA) is 74.2 Å². The number of hydrogen-bond donors (Lipinski definition) is 1. The molecule has 25 heavy (non-hydrogen) atoms. The van der Waals surface area contributed by atoms with Crippen molar-refractivity contribution in [3.05, 3.63) is 24.0 Å². The number of hydrogen-bond acceptors (Lipinski definition) is 6. The fraction of sp³-hybridized carbons (Fsp3) is 0.737. The highest BCUT2D eigenvalue weighted by Crippen LogP contribution is 2.59. The zero-order chi connectivity index (χ0) is 16.8. The van der Waals surface area contributed by atoms with Crippen LogP contribution in [0.15, 0.2) is 24.0 Å². The van der Waals surface area contributed by atoms with Crippen LogP contribution in [0.4, 0.5) is 0 Å². The van der Waals surface area contributed by atoms with Gasteiger partial charge in [-0.1, -0.05) is 6.42 Å². The Labute approximate surface area is 145 Å². The third kappa shape index (κ3) is 1.86. The molecule has 6 heteroatoms. The van der Waals surface area contributed by atoms with Gasteiger partial charge in [-0.15, -0.1) is 0 Å². The van der Waals surface area contributed by atoms with Gasteiger partial charge < -0.3 is 24.1 Å². The zero-order valence-corrected chi connectivity index (χ0v) is 13.9. The van der Waals surface area contributed by atoms with E-state index in [1.165, 1.54) is 18.6 Å². The van der Waals surface area contributed by atoms with E-state index in [-0.39, 0.29) is 35.6 Å². The molecular formula is C19H22O6. The van der Waals surface area contributed by atoms with Crippen LogP contribution >= 0.6 is 0 Å². The standard InChI is InChI=1S/C19H22O6/c20-11-4-7-19(21)15-13(11)10(9-22-19)8-12-14(15)16-17(23-12)25-18(24-16)5-2-1-3-6-18/h4,7-8,10,13-17,21H,1-3,5-6,9H2/t10?,13-,14?,15+,16-,17-,19?/m1/s1. The quantitative estimate of drug-likeness (QED) is 0.719. The Balaban J connectivity index is 1.40. The zero-order valence-electron chi connectivity index (χ0n) is 13.9. The molecule has 0 aromatic heterocycles. The molecule has 3 saturated heterocycles. The summed E-state index contributed by atoms with van der Waals surface area (Å²) in [7, 11) is 0. The summed E-state index contributed by atoms with van der Waals surface area (Å²) in [6, 6.07) is 0. The first-order valence-electron chi connectivity index (χ1n) is 9.42. The van der Waals surface area contributed by atoms with Crippen molar-refractivity contribution < 1.29 is 28.8 Å². The van der Waals surface area contributed by atoms with Gasteiger partial charge in [0.25, 0.3) is 0 Å². The number of fused-ring (bicyclic) bond motifs is 3. The number of allylic oxidation sites excluding steroid dienone is 1. The molecule has 134 valence electrons. The second kappa shape index (κ2) is 4.74. The average Bonchev–Trinajstić information content (AvgIpc) is 3.09. The highest BCUT2D eigenvalue weighted by Gasteiger charge is 2.67. The lowest BCUT2D eigenvalue weighted by molar-refractivity contribution is -0.275. The molecule has 7 atom stereocenters. The van der Waals surface area contributed by atoms with Gasteiger partial charge in [0.1, 0.15) is 11.9 Å². The van der Waals surface area contributed by atoms with Gasteiger partial charge in [0, 0.05) is 30.6 Å². The molecule has 6 rings (SSSR count). The van der Waals surface area contributed by atoms with Crippen LogP contribution in [0.2, 0.25) is 0 Å². The molecule has 0 aromatic rings. The summed E-state index contributed by atoms with van der Waals surface area (Å²) >= 11 is 0. The Morgan fingerprint density at radius 2 is 1.96 bits per heavy atom. The molecule has 1 spiro atoms. The van der Waals surface area contributed by atoms with Crippen molar-refractivity contribution >= 4 is 5.78 Å². The first kappa shape index (κ1) is 14.9. The summed E-state index contributed by atoms with van der Waals surface area (Å²) in [5.41, 5.74) is 0. The van der Waals surface area contributed by atoms with Crippen molar-refractivity contribution in [3.8, 4) is 0 Å². The van der Waals surface area contributed by atoms with Crippen LogP contribution in [0.3, 0.4) is 0 Å². The first-order valence-corrected chi connectivity index (χ1v) is 9.42. The van der Waals surface area contributed by atoms with Crippen molar-refractivity contribution in [1.29, 1.82) is 0 Å². The van der Waals surface area contributed by atoms with E-state index in [0.717, 1.165) is 31.4 Å². The summed E-state index contributed by atoms with van der Waals surface area (Å²) < 4.78 is 24.5. The van der Waals surface area contributed by atoms with E-state index in [1.807, 2.05) is 6.08 Å². The molecule has 0 amide bonds. The van der Waals surface area contributed by atoms with Crippen LogP contribution in [-0.4, -0.2) is 41.5 Å². The smallest absolute Gasteiger partial charge is 0.229 e. The lowest BCUT2D eigenvalue weighted by Crippen LogP contribution is -2.61. The Kier molecular flexibility index (Phi) is 2.83. The van der Waals surface area contributed by atoms with E-state index in [1.54, 1.807) is 0 Å². The van der Waals surface area contributed by atoms with Gasteiger partial charge in [0.05, 0.1) is 12.5 Å². The Morgan fingerprint density at radius 3 is 2.80 bits per heavy atom. The molecule has 6 aliphatic rings. The maximum absolute atomic E-state index is 12.5. The van der Waals surface area contributed by atoms with E-state index in [9.17, 15) is 9.90 Å². The number of ether oxygens (including phenoxy) is 4. The first-order chi connectivity index (χ1) is 12.1. The third-order valence-electron chi connectivity index (χ3n) is 6.91. The molecule has 3 aliphatic carbocycles. The molecule has 0 aromatic carbocycles. The SMILES string of the molecule is O=C1C=CC2(O)OCC3C=C4O[C@@H]5OC6(CCCCC6)O[C@@H]5C4[C@@H]2[C@@H]13. The van der Waals surface area contributed by atoms with E-state index in [4.69, 9.17) is 18.9 Å².